The second kappa shape index (κ2) is 5.63. The first-order chi connectivity index (χ1) is 8.60. The van der Waals surface area contributed by atoms with E-state index in [1.165, 1.54) is 23.5 Å². The molecule has 0 aliphatic rings. The molecule has 98 valence electrons. The average molecular weight is 268 g/mol. The van der Waals surface area contributed by atoms with Crippen LogP contribution in [0, 0.1) is 11.7 Å². The van der Waals surface area contributed by atoms with Gasteiger partial charge in [0.25, 0.3) is 0 Å². The number of rotatable bonds is 5. The summed E-state index contributed by atoms with van der Waals surface area (Å²) in [5.41, 5.74) is 0.823. The fourth-order valence-electron chi connectivity index (χ4n) is 1.70. The van der Waals surface area contributed by atoms with Gasteiger partial charge in [0, 0.05) is 7.11 Å². The maximum absolute atomic E-state index is 13.1. The van der Waals surface area contributed by atoms with Gasteiger partial charge in [0.1, 0.15) is 5.82 Å². The van der Waals surface area contributed by atoms with Crippen molar-refractivity contribution < 1.29 is 9.13 Å². The number of methoxy groups -OCH3 is 1. The second-order valence-corrected chi connectivity index (χ2v) is 5.61. The monoisotopic (exact) mass is 268 g/mol. The first-order valence-electron chi connectivity index (χ1n) is 5.91. The zero-order valence-electron chi connectivity index (χ0n) is 10.7. The van der Waals surface area contributed by atoms with Gasteiger partial charge in [0.2, 0.25) is 0 Å². The SMILES string of the molecule is COCC(Nc1nc2ccc(F)cc2s1)C(C)C. The highest BCUT2D eigenvalue weighted by molar-refractivity contribution is 7.22. The van der Waals surface area contributed by atoms with Gasteiger partial charge in [-0.15, -0.1) is 0 Å². The number of benzene rings is 1. The number of thiazole rings is 1. The topological polar surface area (TPSA) is 34.1 Å². The number of aromatic nitrogens is 1. The van der Waals surface area contributed by atoms with Gasteiger partial charge in [0.15, 0.2) is 5.13 Å². The van der Waals surface area contributed by atoms with Crippen molar-refractivity contribution in [3.05, 3.63) is 24.0 Å². The van der Waals surface area contributed by atoms with Crippen LogP contribution in [-0.4, -0.2) is 24.7 Å². The fourth-order valence-corrected chi connectivity index (χ4v) is 2.65. The molecule has 1 aromatic carbocycles. The molecular formula is C13H17FN2OS. The number of ether oxygens (including phenoxy) is 1. The lowest BCUT2D eigenvalue weighted by Crippen LogP contribution is -2.30. The van der Waals surface area contributed by atoms with Crippen LogP contribution in [0.5, 0.6) is 0 Å². The summed E-state index contributed by atoms with van der Waals surface area (Å²) in [5, 5.41) is 4.16. The molecule has 0 radical (unpaired) electrons. The minimum absolute atomic E-state index is 0.209. The number of nitrogens with one attached hydrogen (secondary N) is 1. The van der Waals surface area contributed by atoms with Crippen molar-refractivity contribution >= 4 is 26.7 Å². The van der Waals surface area contributed by atoms with Crippen LogP contribution in [0.2, 0.25) is 0 Å². The number of hydrogen-bond donors (Lipinski definition) is 1. The summed E-state index contributed by atoms with van der Waals surface area (Å²) in [7, 11) is 1.69. The molecule has 1 N–H and O–H groups in total. The van der Waals surface area contributed by atoms with E-state index in [1.54, 1.807) is 13.2 Å². The van der Waals surface area contributed by atoms with Crippen molar-refractivity contribution in [2.24, 2.45) is 5.92 Å². The molecular weight excluding hydrogens is 251 g/mol. The molecule has 18 heavy (non-hydrogen) atoms. The summed E-state index contributed by atoms with van der Waals surface area (Å²) < 4.78 is 19.1. The molecule has 0 aliphatic carbocycles. The summed E-state index contributed by atoms with van der Waals surface area (Å²) in [5.74, 6) is 0.212. The largest absolute Gasteiger partial charge is 0.383 e. The predicted molar refractivity (Wildman–Crippen MR) is 73.7 cm³/mol. The van der Waals surface area contributed by atoms with Crippen LogP contribution in [0.3, 0.4) is 0 Å². The zero-order valence-corrected chi connectivity index (χ0v) is 11.6. The Labute approximate surface area is 110 Å². The van der Waals surface area contributed by atoms with Crippen LogP contribution >= 0.6 is 11.3 Å². The third kappa shape index (κ3) is 2.97. The number of halogens is 1. The van der Waals surface area contributed by atoms with Gasteiger partial charge in [-0.1, -0.05) is 25.2 Å². The van der Waals surface area contributed by atoms with Crippen molar-refractivity contribution in [1.82, 2.24) is 4.98 Å². The van der Waals surface area contributed by atoms with E-state index in [0.29, 0.717) is 12.5 Å². The van der Waals surface area contributed by atoms with Gasteiger partial charge in [-0.3, -0.25) is 0 Å². The second-order valence-electron chi connectivity index (χ2n) is 4.58. The van der Waals surface area contributed by atoms with Crippen molar-refractivity contribution in [1.29, 1.82) is 0 Å². The van der Waals surface area contributed by atoms with Gasteiger partial charge in [-0.25, -0.2) is 9.37 Å². The normalized spacial score (nSPS) is 13.2. The van der Waals surface area contributed by atoms with Crippen molar-refractivity contribution in [3.8, 4) is 0 Å². The van der Waals surface area contributed by atoms with Crippen LogP contribution < -0.4 is 5.32 Å². The van der Waals surface area contributed by atoms with E-state index in [1.807, 2.05) is 0 Å². The lowest BCUT2D eigenvalue weighted by molar-refractivity contribution is 0.171. The summed E-state index contributed by atoms with van der Waals surface area (Å²) >= 11 is 1.47. The Bertz CT molecular complexity index is 527. The first kappa shape index (κ1) is 13.2. The van der Waals surface area contributed by atoms with Crippen molar-refractivity contribution in [2.45, 2.75) is 19.9 Å². The van der Waals surface area contributed by atoms with Crippen LogP contribution in [0.15, 0.2) is 18.2 Å². The van der Waals surface area contributed by atoms with Gasteiger partial charge in [-0.2, -0.15) is 0 Å². The molecule has 0 spiro atoms. The highest BCUT2D eigenvalue weighted by Crippen LogP contribution is 2.27. The Morgan fingerprint density at radius 1 is 1.44 bits per heavy atom. The molecule has 1 heterocycles. The van der Waals surface area contributed by atoms with Crippen LogP contribution in [0.1, 0.15) is 13.8 Å². The van der Waals surface area contributed by atoms with Gasteiger partial charge >= 0.3 is 0 Å². The number of anilines is 1. The molecule has 0 aliphatic heterocycles. The maximum atomic E-state index is 13.1. The Balaban J connectivity index is 2.20. The summed E-state index contributed by atoms with van der Waals surface area (Å²) in [6.07, 6.45) is 0. The van der Waals surface area contributed by atoms with E-state index in [4.69, 9.17) is 4.74 Å². The van der Waals surface area contributed by atoms with Gasteiger partial charge < -0.3 is 10.1 Å². The molecule has 1 atom stereocenters. The Hall–Kier alpha value is -1.20. The Morgan fingerprint density at radius 3 is 2.89 bits per heavy atom. The van der Waals surface area contributed by atoms with E-state index in [-0.39, 0.29) is 11.9 Å². The molecule has 5 heteroatoms. The highest BCUT2D eigenvalue weighted by atomic mass is 32.1. The van der Waals surface area contributed by atoms with Gasteiger partial charge in [-0.05, 0) is 24.1 Å². The van der Waals surface area contributed by atoms with E-state index in [2.05, 4.69) is 24.1 Å². The quantitative estimate of drug-likeness (QED) is 0.901. The van der Waals surface area contributed by atoms with E-state index in [0.717, 1.165) is 15.3 Å². The highest BCUT2D eigenvalue weighted by Gasteiger charge is 2.15. The fraction of sp³-hybridized carbons (Fsp3) is 0.462. The van der Waals surface area contributed by atoms with Crippen molar-refractivity contribution in [2.75, 3.05) is 19.0 Å². The lowest BCUT2D eigenvalue weighted by Gasteiger charge is -2.20. The minimum Gasteiger partial charge on any atom is -0.383 e. The van der Waals surface area contributed by atoms with Crippen molar-refractivity contribution in [3.63, 3.8) is 0 Å². The summed E-state index contributed by atoms with van der Waals surface area (Å²) in [6, 6.07) is 4.85. The molecule has 3 nitrogen and oxygen atoms in total. The summed E-state index contributed by atoms with van der Waals surface area (Å²) in [4.78, 5) is 4.44. The minimum atomic E-state index is -0.227. The molecule has 1 aromatic heterocycles. The Kier molecular flexibility index (Phi) is 4.14. The molecule has 0 saturated heterocycles. The third-order valence-corrected chi connectivity index (χ3v) is 3.76. The lowest BCUT2D eigenvalue weighted by atomic mass is 10.1. The van der Waals surface area contributed by atoms with E-state index < -0.39 is 0 Å². The predicted octanol–water partition coefficient (Wildman–Crippen LogP) is 3.52. The molecule has 2 aromatic rings. The molecule has 0 fully saturated rings. The molecule has 0 saturated carbocycles. The smallest absolute Gasteiger partial charge is 0.184 e. The third-order valence-electron chi connectivity index (χ3n) is 2.81. The first-order valence-corrected chi connectivity index (χ1v) is 6.73. The number of hydrogen-bond acceptors (Lipinski definition) is 4. The maximum Gasteiger partial charge on any atom is 0.184 e. The average Bonchev–Trinajstić information content (AvgIpc) is 2.69. The molecule has 0 amide bonds. The van der Waals surface area contributed by atoms with E-state index >= 15 is 0 Å². The van der Waals surface area contributed by atoms with E-state index in [9.17, 15) is 4.39 Å². The van der Waals surface area contributed by atoms with Crippen LogP contribution in [0.4, 0.5) is 9.52 Å². The number of fused-ring (bicyclic) bond motifs is 1. The van der Waals surface area contributed by atoms with Crippen LogP contribution in [-0.2, 0) is 4.74 Å². The molecule has 0 bridgehead atoms. The number of nitrogens with zero attached hydrogens (tertiary/aromatic N) is 1. The van der Waals surface area contributed by atoms with Crippen LogP contribution in [0.25, 0.3) is 10.2 Å². The summed E-state index contributed by atoms with van der Waals surface area (Å²) in [6.45, 7) is 4.88. The van der Waals surface area contributed by atoms with Gasteiger partial charge in [0.05, 0.1) is 22.9 Å². The zero-order chi connectivity index (χ0) is 13.1. The Morgan fingerprint density at radius 2 is 2.22 bits per heavy atom. The molecule has 2 rings (SSSR count). The standard InChI is InChI=1S/C13H17FN2OS/c1-8(2)11(7-17-3)16-13-15-10-5-4-9(14)6-12(10)18-13/h4-6,8,11H,7H2,1-3H3,(H,15,16). The molecule has 1 unspecified atom stereocenters.